The number of halogens is 3. The molecule has 0 saturated carbocycles. The summed E-state index contributed by atoms with van der Waals surface area (Å²) in [5.74, 6) is -0.223. The molecular formula is C7H11Cl3O2. The lowest BCUT2D eigenvalue weighted by Gasteiger charge is -2.08. The monoisotopic (exact) mass is 232 g/mol. The molecule has 0 heterocycles. The third-order valence-corrected chi connectivity index (χ3v) is 1.89. The predicted molar refractivity (Wildman–Crippen MR) is 50.8 cm³/mol. The Hall–Kier alpha value is 0.340. The van der Waals surface area contributed by atoms with Crippen molar-refractivity contribution >= 4 is 40.8 Å². The first-order chi connectivity index (χ1) is 5.45. The number of carbonyl (C=O) groups is 1. The fraction of sp³-hybridized carbons (Fsp3) is 0.857. The molecule has 0 rings (SSSR count). The number of rotatable bonds is 4. The van der Waals surface area contributed by atoms with Gasteiger partial charge in [0.25, 0.3) is 0 Å². The van der Waals surface area contributed by atoms with Crippen molar-refractivity contribution in [1.82, 2.24) is 0 Å². The summed E-state index contributed by atoms with van der Waals surface area (Å²) in [5.41, 5.74) is 0. The molecule has 0 aromatic carbocycles. The Morgan fingerprint density at radius 3 is 2.33 bits per heavy atom. The van der Waals surface area contributed by atoms with Crippen LogP contribution < -0.4 is 0 Å². The van der Waals surface area contributed by atoms with E-state index in [0.29, 0.717) is 25.7 Å². The van der Waals surface area contributed by atoms with E-state index in [1.54, 1.807) is 0 Å². The number of ether oxygens (including phenoxy) is 1. The normalized spacial score (nSPS) is 11.3. The molecule has 0 amide bonds. The summed E-state index contributed by atoms with van der Waals surface area (Å²) in [6.45, 7) is 0. The van der Waals surface area contributed by atoms with E-state index in [9.17, 15) is 4.79 Å². The summed E-state index contributed by atoms with van der Waals surface area (Å²) in [6, 6.07) is 0. The molecule has 12 heavy (non-hydrogen) atoms. The molecule has 0 bridgehead atoms. The van der Waals surface area contributed by atoms with Crippen LogP contribution in [0, 0.1) is 0 Å². The van der Waals surface area contributed by atoms with Crippen molar-refractivity contribution in [2.75, 3.05) is 7.11 Å². The number of unbranched alkanes of at least 4 members (excludes halogenated alkanes) is 1. The van der Waals surface area contributed by atoms with Gasteiger partial charge in [0.15, 0.2) is 3.79 Å². The average molecular weight is 234 g/mol. The third kappa shape index (κ3) is 8.44. The van der Waals surface area contributed by atoms with Gasteiger partial charge in [-0.1, -0.05) is 34.8 Å². The van der Waals surface area contributed by atoms with Gasteiger partial charge in [0.05, 0.1) is 7.11 Å². The van der Waals surface area contributed by atoms with Gasteiger partial charge in [-0.25, -0.2) is 0 Å². The Labute approximate surface area is 87.1 Å². The van der Waals surface area contributed by atoms with Crippen LogP contribution in [0.5, 0.6) is 0 Å². The van der Waals surface area contributed by atoms with E-state index in [1.165, 1.54) is 7.11 Å². The van der Waals surface area contributed by atoms with Gasteiger partial charge >= 0.3 is 5.97 Å². The second kappa shape index (κ2) is 5.90. The zero-order valence-corrected chi connectivity index (χ0v) is 9.05. The molecule has 5 heteroatoms. The van der Waals surface area contributed by atoms with Crippen LogP contribution in [0.15, 0.2) is 0 Å². The highest BCUT2D eigenvalue weighted by Gasteiger charge is 2.18. The number of esters is 1. The van der Waals surface area contributed by atoms with Crippen molar-refractivity contribution in [3.05, 3.63) is 0 Å². The largest absolute Gasteiger partial charge is 0.469 e. The van der Waals surface area contributed by atoms with Crippen LogP contribution in [-0.4, -0.2) is 16.9 Å². The second-order valence-electron chi connectivity index (χ2n) is 2.40. The SMILES string of the molecule is COC(=O)CCCCC(Cl)(Cl)Cl. The van der Waals surface area contributed by atoms with Gasteiger partial charge in [0.2, 0.25) is 0 Å². The van der Waals surface area contributed by atoms with Crippen LogP contribution in [0.25, 0.3) is 0 Å². The molecule has 0 spiro atoms. The molecule has 72 valence electrons. The summed E-state index contributed by atoms with van der Waals surface area (Å²) in [6.07, 6.45) is 2.26. The van der Waals surface area contributed by atoms with Crippen LogP contribution in [0.1, 0.15) is 25.7 Å². The lowest BCUT2D eigenvalue weighted by Crippen LogP contribution is -2.03. The fourth-order valence-corrected chi connectivity index (χ4v) is 1.10. The Morgan fingerprint density at radius 1 is 1.33 bits per heavy atom. The van der Waals surface area contributed by atoms with Gasteiger partial charge in [-0.05, 0) is 19.3 Å². The van der Waals surface area contributed by atoms with Crippen molar-refractivity contribution < 1.29 is 9.53 Å². The third-order valence-electron chi connectivity index (χ3n) is 1.32. The topological polar surface area (TPSA) is 26.3 Å². The van der Waals surface area contributed by atoms with E-state index in [-0.39, 0.29) is 5.97 Å². The molecule has 0 aliphatic carbocycles. The molecule has 0 aromatic heterocycles. The first kappa shape index (κ1) is 12.3. The molecule has 0 aromatic rings. The maximum atomic E-state index is 10.6. The second-order valence-corrected chi connectivity index (χ2v) is 4.91. The maximum absolute atomic E-state index is 10.6. The minimum Gasteiger partial charge on any atom is -0.469 e. The van der Waals surface area contributed by atoms with Crippen molar-refractivity contribution in [2.24, 2.45) is 0 Å². The van der Waals surface area contributed by atoms with Crippen molar-refractivity contribution in [2.45, 2.75) is 29.5 Å². The standard InChI is InChI=1S/C7H11Cl3O2/c1-12-6(11)4-2-3-5-7(8,9)10/h2-5H2,1H3. The van der Waals surface area contributed by atoms with Crippen molar-refractivity contribution in [3.8, 4) is 0 Å². The molecule has 0 atom stereocenters. The molecule has 0 saturated heterocycles. The summed E-state index contributed by atoms with van der Waals surface area (Å²) >= 11 is 16.5. The average Bonchev–Trinajstić information content (AvgIpc) is 1.96. The van der Waals surface area contributed by atoms with E-state index in [0.717, 1.165) is 0 Å². The molecular weight excluding hydrogens is 222 g/mol. The van der Waals surface area contributed by atoms with Gasteiger partial charge in [0, 0.05) is 6.42 Å². The van der Waals surface area contributed by atoms with Gasteiger partial charge in [-0.3, -0.25) is 4.79 Å². The minimum absolute atomic E-state index is 0.223. The summed E-state index contributed by atoms with van der Waals surface area (Å²) in [5, 5.41) is 0. The highest BCUT2D eigenvalue weighted by molar-refractivity contribution is 6.67. The summed E-state index contributed by atoms with van der Waals surface area (Å²) in [4.78, 5) is 10.6. The number of hydrogen-bond acceptors (Lipinski definition) is 2. The Kier molecular flexibility index (Phi) is 6.06. The maximum Gasteiger partial charge on any atom is 0.305 e. The number of alkyl halides is 3. The Balaban J connectivity index is 3.28. The number of hydrogen-bond donors (Lipinski definition) is 0. The molecule has 0 aliphatic rings. The van der Waals surface area contributed by atoms with Crippen LogP contribution >= 0.6 is 34.8 Å². The fourth-order valence-electron chi connectivity index (χ4n) is 0.697. The highest BCUT2D eigenvalue weighted by atomic mass is 35.6. The summed E-state index contributed by atoms with van der Waals surface area (Å²) < 4.78 is 3.25. The smallest absolute Gasteiger partial charge is 0.305 e. The van der Waals surface area contributed by atoms with E-state index in [1.807, 2.05) is 0 Å². The van der Waals surface area contributed by atoms with Crippen LogP contribution in [0.4, 0.5) is 0 Å². The van der Waals surface area contributed by atoms with E-state index >= 15 is 0 Å². The molecule has 0 fully saturated rings. The Bertz CT molecular complexity index is 142. The van der Waals surface area contributed by atoms with Gasteiger partial charge < -0.3 is 4.74 Å². The number of carbonyl (C=O) groups excluding carboxylic acids is 1. The van der Waals surface area contributed by atoms with Crippen molar-refractivity contribution in [3.63, 3.8) is 0 Å². The lowest BCUT2D eigenvalue weighted by atomic mass is 10.2. The van der Waals surface area contributed by atoms with Gasteiger partial charge in [-0.2, -0.15) is 0 Å². The van der Waals surface area contributed by atoms with E-state index < -0.39 is 3.79 Å². The quantitative estimate of drug-likeness (QED) is 0.424. The molecule has 2 nitrogen and oxygen atoms in total. The van der Waals surface area contributed by atoms with Crippen LogP contribution in [-0.2, 0) is 9.53 Å². The molecule has 0 N–H and O–H groups in total. The predicted octanol–water partition coefficient (Wildman–Crippen LogP) is 3.09. The molecule has 0 unspecified atom stereocenters. The molecule has 0 aliphatic heterocycles. The first-order valence-electron chi connectivity index (χ1n) is 3.59. The molecule has 0 radical (unpaired) electrons. The lowest BCUT2D eigenvalue weighted by molar-refractivity contribution is -0.140. The highest BCUT2D eigenvalue weighted by Crippen LogP contribution is 2.31. The van der Waals surface area contributed by atoms with Crippen molar-refractivity contribution in [1.29, 1.82) is 0 Å². The van der Waals surface area contributed by atoms with Crippen LogP contribution in [0.3, 0.4) is 0 Å². The Morgan fingerprint density at radius 2 is 1.92 bits per heavy atom. The summed E-state index contributed by atoms with van der Waals surface area (Å²) in [7, 11) is 1.36. The zero-order valence-electron chi connectivity index (χ0n) is 6.78. The van der Waals surface area contributed by atoms with Gasteiger partial charge in [-0.15, -0.1) is 0 Å². The van der Waals surface area contributed by atoms with E-state index in [2.05, 4.69) is 4.74 Å². The number of methoxy groups -OCH3 is 1. The van der Waals surface area contributed by atoms with Crippen LogP contribution in [0.2, 0.25) is 0 Å². The van der Waals surface area contributed by atoms with Gasteiger partial charge in [0.1, 0.15) is 0 Å². The zero-order chi connectivity index (χ0) is 9.61. The minimum atomic E-state index is -1.20. The first-order valence-corrected chi connectivity index (χ1v) is 4.72. The van der Waals surface area contributed by atoms with E-state index in [4.69, 9.17) is 34.8 Å².